The summed E-state index contributed by atoms with van der Waals surface area (Å²) in [7, 11) is 0. The van der Waals surface area contributed by atoms with Crippen LogP contribution in [0.1, 0.15) is 31.0 Å². The molecule has 2 rings (SSSR count). The molecule has 1 aromatic rings. The van der Waals surface area contributed by atoms with Gasteiger partial charge in [0.15, 0.2) is 5.69 Å². The molecule has 0 saturated carbocycles. The molecule has 0 unspecified atom stereocenters. The fourth-order valence-corrected chi connectivity index (χ4v) is 2.69. The highest BCUT2D eigenvalue weighted by Crippen LogP contribution is 2.30. The Balaban J connectivity index is 1.83. The molecule has 0 radical (unpaired) electrons. The summed E-state index contributed by atoms with van der Waals surface area (Å²) in [6.07, 6.45) is -9.46. The van der Waals surface area contributed by atoms with Gasteiger partial charge < -0.3 is 10.0 Å². The van der Waals surface area contributed by atoms with E-state index in [2.05, 4.69) is 5.10 Å². The minimum atomic E-state index is -4.49. The fraction of sp³-hybridized carbons (Fsp3) is 0.769. The van der Waals surface area contributed by atoms with E-state index < -0.39 is 30.6 Å². The molecule has 1 atom stereocenters. The molecule has 132 valence electrons. The molecule has 0 aromatic carbocycles. The van der Waals surface area contributed by atoms with Gasteiger partial charge in [0, 0.05) is 25.8 Å². The van der Waals surface area contributed by atoms with Crippen LogP contribution in [0.4, 0.5) is 26.3 Å². The van der Waals surface area contributed by atoms with Gasteiger partial charge in [-0.15, -0.1) is 0 Å². The van der Waals surface area contributed by atoms with Crippen LogP contribution in [0.5, 0.6) is 0 Å². The zero-order chi connectivity index (χ0) is 17.3. The third-order valence-electron chi connectivity index (χ3n) is 3.77. The van der Waals surface area contributed by atoms with Crippen LogP contribution in [0.25, 0.3) is 0 Å². The summed E-state index contributed by atoms with van der Waals surface area (Å²) in [4.78, 5) is 1.68. The van der Waals surface area contributed by atoms with Crippen molar-refractivity contribution in [2.45, 2.75) is 43.8 Å². The standard InChI is InChI=1S/C13H17F6N3O/c14-12(15,16)7-10(23)8-21-4-1-9(2-5-21)22-6-3-11(20-22)13(17,18)19/h3,6,9-10,23H,1-2,4-5,7-8H2/t10-/m0/s1. The van der Waals surface area contributed by atoms with Crippen LogP contribution in [0.15, 0.2) is 12.3 Å². The van der Waals surface area contributed by atoms with Crippen molar-refractivity contribution >= 4 is 0 Å². The number of aromatic nitrogens is 2. The Morgan fingerprint density at radius 2 is 1.78 bits per heavy atom. The van der Waals surface area contributed by atoms with Crippen LogP contribution in [-0.4, -0.2) is 51.7 Å². The summed E-state index contributed by atoms with van der Waals surface area (Å²) in [5.74, 6) is 0. The minimum absolute atomic E-state index is 0.0981. The Hall–Kier alpha value is -1.29. The Bertz CT molecular complexity index is 505. The predicted octanol–water partition coefficient (Wildman–Crippen LogP) is 2.85. The van der Waals surface area contributed by atoms with Crippen molar-refractivity contribution in [3.8, 4) is 0 Å². The molecule has 4 nitrogen and oxygen atoms in total. The number of piperidine rings is 1. The van der Waals surface area contributed by atoms with Gasteiger partial charge in [0.05, 0.1) is 18.6 Å². The first-order valence-electron chi connectivity index (χ1n) is 7.14. The van der Waals surface area contributed by atoms with Crippen LogP contribution in [0, 0.1) is 0 Å². The van der Waals surface area contributed by atoms with Crippen molar-refractivity contribution in [2.24, 2.45) is 0 Å². The average Bonchev–Trinajstić information content (AvgIpc) is 2.86. The summed E-state index contributed by atoms with van der Waals surface area (Å²) in [6.45, 7) is 0.709. The lowest BCUT2D eigenvalue weighted by molar-refractivity contribution is -0.155. The van der Waals surface area contributed by atoms with Crippen molar-refractivity contribution < 1.29 is 31.4 Å². The van der Waals surface area contributed by atoms with Gasteiger partial charge in [0.2, 0.25) is 0 Å². The van der Waals surface area contributed by atoms with Crippen LogP contribution in [-0.2, 0) is 6.18 Å². The van der Waals surface area contributed by atoms with E-state index in [4.69, 9.17) is 0 Å². The largest absolute Gasteiger partial charge is 0.435 e. The van der Waals surface area contributed by atoms with E-state index in [0.29, 0.717) is 25.9 Å². The number of β-amino-alcohol motifs (C(OH)–C–C–N with tert-alkyl or cyclic N) is 1. The lowest BCUT2D eigenvalue weighted by atomic mass is 10.0. The fourth-order valence-electron chi connectivity index (χ4n) is 2.69. The Morgan fingerprint density at radius 3 is 2.26 bits per heavy atom. The molecule has 1 saturated heterocycles. The zero-order valence-corrected chi connectivity index (χ0v) is 12.1. The normalized spacial score (nSPS) is 20.0. The molecule has 0 aliphatic carbocycles. The van der Waals surface area contributed by atoms with Gasteiger partial charge in [0.25, 0.3) is 0 Å². The van der Waals surface area contributed by atoms with Gasteiger partial charge in [0.1, 0.15) is 0 Å². The van der Waals surface area contributed by atoms with Gasteiger partial charge in [-0.3, -0.25) is 4.68 Å². The molecule has 2 heterocycles. The smallest absolute Gasteiger partial charge is 0.391 e. The molecule has 1 fully saturated rings. The van der Waals surface area contributed by atoms with E-state index in [9.17, 15) is 31.4 Å². The second-order valence-electron chi connectivity index (χ2n) is 5.68. The van der Waals surface area contributed by atoms with Crippen molar-refractivity contribution in [1.29, 1.82) is 0 Å². The highest BCUT2D eigenvalue weighted by atomic mass is 19.4. The van der Waals surface area contributed by atoms with Crippen molar-refractivity contribution in [3.63, 3.8) is 0 Å². The van der Waals surface area contributed by atoms with Crippen molar-refractivity contribution in [2.75, 3.05) is 19.6 Å². The molecule has 1 aliphatic rings. The third-order valence-corrected chi connectivity index (χ3v) is 3.77. The number of halogens is 6. The third kappa shape index (κ3) is 5.38. The number of hydrogen-bond donors (Lipinski definition) is 1. The summed E-state index contributed by atoms with van der Waals surface area (Å²) in [5.41, 5.74) is -0.958. The number of aliphatic hydroxyl groups excluding tert-OH is 1. The Morgan fingerprint density at radius 1 is 1.17 bits per heavy atom. The van der Waals surface area contributed by atoms with E-state index in [0.717, 1.165) is 6.07 Å². The van der Waals surface area contributed by atoms with Gasteiger partial charge in [-0.25, -0.2) is 0 Å². The zero-order valence-electron chi connectivity index (χ0n) is 12.1. The lowest BCUT2D eigenvalue weighted by Gasteiger charge is -2.33. The monoisotopic (exact) mass is 345 g/mol. The van der Waals surface area contributed by atoms with Crippen molar-refractivity contribution in [1.82, 2.24) is 14.7 Å². The van der Waals surface area contributed by atoms with E-state index in [1.165, 1.54) is 10.9 Å². The van der Waals surface area contributed by atoms with E-state index in [-0.39, 0.29) is 12.6 Å². The van der Waals surface area contributed by atoms with Crippen LogP contribution in [0.2, 0.25) is 0 Å². The summed E-state index contributed by atoms with van der Waals surface area (Å²) in [5, 5.41) is 12.9. The molecule has 10 heteroatoms. The molecule has 0 bridgehead atoms. The number of likely N-dealkylation sites (tertiary alicyclic amines) is 1. The molecule has 1 aromatic heterocycles. The van der Waals surface area contributed by atoms with E-state index >= 15 is 0 Å². The molecule has 0 spiro atoms. The van der Waals surface area contributed by atoms with Crippen molar-refractivity contribution in [3.05, 3.63) is 18.0 Å². The molecular formula is C13H17F6N3O. The van der Waals surface area contributed by atoms with Crippen LogP contribution < -0.4 is 0 Å². The Labute approximate surface area is 128 Å². The van der Waals surface area contributed by atoms with Crippen LogP contribution in [0.3, 0.4) is 0 Å². The van der Waals surface area contributed by atoms with E-state index in [1.54, 1.807) is 4.90 Å². The Kier molecular flexibility index (Phi) is 5.24. The molecule has 1 N–H and O–H groups in total. The van der Waals surface area contributed by atoms with Gasteiger partial charge >= 0.3 is 12.4 Å². The summed E-state index contributed by atoms with van der Waals surface area (Å²) in [6, 6.07) is 0.682. The quantitative estimate of drug-likeness (QED) is 0.854. The maximum atomic E-state index is 12.5. The first-order valence-corrected chi connectivity index (χ1v) is 7.14. The maximum Gasteiger partial charge on any atom is 0.435 e. The van der Waals surface area contributed by atoms with Gasteiger partial charge in [-0.2, -0.15) is 31.4 Å². The highest BCUT2D eigenvalue weighted by Gasteiger charge is 2.35. The summed E-state index contributed by atoms with van der Waals surface area (Å²) >= 11 is 0. The number of alkyl halides is 6. The van der Waals surface area contributed by atoms with Crippen LogP contribution >= 0.6 is 0 Å². The number of hydrogen-bond acceptors (Lipinski definition) is 3. The number of rotatable bonds is 4. The lowest BCUT2D eigenvalue weighted by Crippen LogP contribution is -2.40. The second-order valence-corrected chi connectivity index (χ2v) is 5.68. The SMILES string of the molecule is O[C@H](CN1CCC(n2ccc(C(F)(F)F)n2)CC1)CC(F)(F)F. The average molecular weight is 345 g/mol. The number of aliphatic hydroxyl groups is 1. The van der Waals surface area contributed by atoms with E-state index in [1.807, 2.05) is 0 Å². The summed E-state index contributed by atoms with van der Waals surface area (Å²) < 4.78 is 75.3. The van der Waals surface area contributed by atoms with Gasteiger partial charge in [-0.05, 0) is 18.9 Å². The topological polar surface area (TPSA) is 41.3 Å². The molecular weight excluding hydrogens is 328 g/mol. The molecule has 23 heavy (non-hydrogen) atoms. The minimum Gasteiger partial charge on any atom is -0.391 e. The first-order chi connectivity index (χ1) is 10.5. The molecule has 1 aliphatic heterocycles. The molecule has 0 amide bonds. The van der Waals surface area contributed by atoms with Gasteiger partial charge in [-0.1, -0.05) is 0 Å². The first kappa shape index (κ1) is 18.1. The highest BCUT2D eigenvalue weighted by molar-refractivity contribution is 5.04. The maximum absolute atomic E-state index is 12.5. The number of nitrogens with zero attached hydrogens (tertiary/aromatic N) is 3. The second kappa shape index (κ2) is 6.68. The predicted molar refractivity (Wildman–Crippen MR) is 68.6 cm³/mol.